The van der Waals surface area contributed by atoms with Crippen LogP contribution in [0, 0.1) is 23.7 Å². The zero-order chi connectivity index (χ0) is 30.9. The van der Waals surface area contributed by atoms with Crippen LogP contribution in [0.3, 0.4) is 0 Å². The van der Waals surface area contributed by atoms with Crippen LogP contribution >= 0.6 is 0 Å². The Labute approximate surface area is 246 Å². The fourth-order valence-electron chi connectivity index (χ4n) is 5.41. The minimum absolute atomic E-state index is 0.0436. The summed E-state index contributed by atoms with van der Waals surface area (Å²) in [4.78, 5) is 13.1. The quantitative estimate of drug-likeness (QED) is 0.236. The van der Waals surface area contributed by atoms with Crippen LogP contribution in [0.1, 0.15) is 74.1 Å². The van der Waals surface area contributed by atoms with Crippen LogP contribution in [-0.4, -0.2) is 82.3 Å². The summed E-state index contributed by atoms with van der Waals surface area (Å²) in [5.74, 6) is -1.14. The first kappa shape index (κ1) is 35.4. The van der Waals surface area contributed by atoms with Crippen molar-refractivity contribution in [1.82, 2.24) is 0 Å². The molecule has 12 atom stereocenters. The summed E-state index contributed by atoms with van der Waals surface area (Å²) in [6, 6.07) is 0. The van der Waals surface area contributed by atoms with E-state index in [0.29, 0.717) is 31.3 Å². The van der Waals surface area contributed by atoms with Crippen molar-refractivity contribution >= 4 is 5.97 Å². The van der Waals surface area contributed by atoms with Gasteiger partial charge in [-0.1, -0.05) is 63.6 Å². The third kappa shape index (κ3) is 10.8. The van der Waals surface area contributed by atoms with Gasteiger partial charge in [-0.05, 0) is 52.0 Å². The Morgan fingerprint density at radius 3 is 2.24 bits per heavy atom. The van der Waals surface area contributed by atoms with E-state index in [1.807, 2.05) is 71.9 Å². The molecule has 2 aliphatic rings. The predicted molar refractivity (Wildman–Crippen MR) is 160 cm³/mol. The number of carbonyl (C=O) groups is 1. The van der Waals surface area contributed by atoms with E-state index in [1.54, 1.807) is 20.1 Å². The van der Waals surface area contributed by atoms with Crippen LogP contribution in [0.2, 0.25) is 0 Å². The molecule has 8 heteroatoms. The number of cyclic esters (lactones) is 1. The van der Waals surface area contributed by atoms with Gasteiger partial charge in [0.15, 0.2) is 0 Å². The second kappa shape index (κ2) is 16.7. The molecule has 0 saturated carbocycles. The van der Waals surface area contributed by atoms with Gasteiger partial charge < -0.3 is 34.6 Å². The van der Waals surface area contributed by atoms with E-state index in [-0.39, 0.29) is 29.8 Å². The standard InChI is InChI=1S/C33H54O8/c1-19-17-21(3)29(36)32-31(41-32)27(35)13-11-9-10-12-14-28(40-33(38)22(4)18-19)20(2)15-16-26(34)24(6)30(37)23(5)25(7)39-8/h9-12,17-18,20-21,23-32,34-37H,13-16H2,1-8H3/b11-9-,12-10-,19-17-,22-18-/t20?,21-,23-,24-,25+,26+,27?,28+,29+,30+,31?,32+/m1/s1. The first-order chi connectivity index (χ1) is 19.3. The molecule has 2 aliphatic heterocycles. The van der Waals surface area contributed by atoms with Crippen molar-refractivity contribution in [2.75, 3.05) is 7.11 Å². The highest BCUT2D eigenvalue weighted by Gasteiger charge is 2.49. The molecule has 3 unspecified atom stereocenters. The molecule has 4 N–H and O–H groups in total. The molecule has 234 valence electrons. The minimum atomic E-state index is -0.760. The molecular weight excluding hydrogens is 524 g/mol. The monoisotopic (exact) mass is 578 g/mol. The number of epoxide rings is 1. The second-order valence-electron chi connectivity index (χ2n) is 12.3. The van der Waals surface area contributed by atoms with Crippen molar-refractivity contribution in [2.24, 2.45) is 23.7 Å². The van der Waals surface area contributed by atoms with Crippen molar-refractivity contribution in [2.45, 2.75) is 123 Å². The molecule has 1 saturated heterocycles. The van der Waals surface area contributed by atoms with Gasteiger partial charge in [0.25, 0.3) is 0 Å². The summed E-state index contributed by atoms with van der Waals surface area (Å²) in [5, 5.41) is 42.7. The van der Waals surface area contributed by atoms with E-state index in [9.17, 15) is 25.2 Å². The Hall–Kier alpha value is -1.81. The molecular formula is C33H54O8. The van der Waals surface area contributed by atoms with Crippen molar-refractivity contribution in [3.8, 4) is 0 Å². The normalized spacial score (nSPS) is 36.7. The third-order valence-electron chi connectivity index (χ3n) is 8.84. The van der Waals surface area contributed by atoms with Crippen molar-refractivity contribution in [3.63, 3.8) is 0 Å². The SMILES string of the molecule is CO[C@@H](C)[C@@H](C)[C@H](O)[C@H](C)[C@@H](O)CCC(C)[C@@H]1C/C=C\C=C/CC(O)C2O[C@H]2[C@@H](O)[C@H](C)/C=C(C)\C=C(\C)C(=O)O1. The summed E-state index contributed by atoms with van der Waals surface area (Å²) < 4.78 is 16.9. The number of aliphatic hydroxyl groups is 4. The fourth-order valence-corrected chi connectivity index (χ4v) is 5.41. The van der Waals surface area contributed by atoms with Crippen LogP contribution < -0.4 is 0 Å². The number of ether oxygens (including phenoxy) is 3. The number of hydrogen-bond donors (Lipinski definition) is 4. The molecule has 2 rings (SSSR count). The van der Waals surface area contributed by atoms with Crippen LogP contribution in [0.25, 0.3) is 0 Å². The first-order valence-corrected chi connectivity index (χ1v) is 15.1. The lowest BCUT2D eigenvalue weighted by atomic mass is 9.83. The molecule has 41 heavy (non-hydrogen) atoms. The van der Waals surface area contributed by atoms with E-state index in [1.165, 1.54) is 0 Å². The van der Waals surface area contributed by atoms with Crippen molar-refractivity contribution < 1.29 is 39.4 Å². The number of hydrogen-bond acceptors (Lipinski definition) is 8. The molecule has 0 bridgehead atoms. The number of methoxy groups -OCH3 is 1. The first-order valence-electron chi connectivity index (χ1n) is 15.1. The molecule has 0 spiro atoms. The molecule has 0 radical (unpaired) electrons. The maximum absolute atomic E-state index is 13.1. The number of allylic oxidation sites excluding steroid dienone is 4. The number of rotatable bonds is 9. The zero-order valence-corrected chi connectivity index (χ0v) is 26.1. The van der Waals surface area contributed by atoms with Gasteiger partial charge in [-0.25, -0.2) is 4.79 Å². The van der Waals surface area contributed by atoms with Gasteiger partial charge in [0, 0.05) is 36.9 Å². The number of carbonyl (C=O) groups excluding carboxylic acids is 1. The Balaban J connectivity index is 2.14. The second-order valence-corrected chi connectivity index (χ2v) is 12.3. The van der Waals surface area contributed by atoms with E-state index in [0.717, 1.165) is 5.57 Å². The fraction of sp³-hybridized carbons (Fsp3) is 0.727. The number of fused-ring (bicyclic) bond motifs is 1. The van der Waals surface area contributed by atoms with Crippen molar-refractivity contribution in [1.29, 1.82) is 0 Å². The lowest BCUT2D eigenvalue weighted by Gasteiger charge is -2.32. The van der Waals surface area contributed by atoms with E-state index in [2.05, 4.69) is 0 Å². The zero-order valence-electron chi connectivity index (χ0n) is 26.1. The third-order valence-corrected chi connectivity index (χ3v) is 8.84. The summed E-state index contributed by atoms with van der Waals surface area (Å²) in [6.07, 6.45) is 8.91. The maximum Gasteiger partial charge on any atom is 0.334 e. The van der Waals surface area contributed by atoms with Crippen LogP contribution in [0.15, 0.2) is 47.6 Å². The average Bonchev–Trinajstić information content (AvgIpc) is 3.74. The summed E-state index contributed by atoms with van der Waals surface area (Å²) in [7, 11) is 1.61. The molecule has 0 amide bonds. The number of aliphatic hydroxyl groups excluding tert-OH is 4. The van der Waals surface area contributed by atoms with Gasteiger partial charge in [0.2, 0.25) is 0 Å². The van der Waals surface area contributed by atoms with Gasteiger partial charge in [-0.3, -0.25) is 0 Å². The van der Waals surface area contributed by atoms with Gasteiger partial charge >= 0.3 is 5.97 Å². The topological polar surface area (TPSA) is 129 Å². The summed E-state index contributed by atoms with van der Waals surface area (Å²) >= 11 is 0. The van der Waals surface area contributed by atoms with E-state index >= 15 is 0 Å². The molecule has 0 aliphatic carbocycles. The Morgan fingerprint density at radius 2 is 1.61 bits per heavy atom. The Bertz CT molecular complexity index is 940. The lowest BCUT2D eigenvalue weighted by molar-refractivity contribution is -0.146. The van der Waals surface area contributed by atoms with Crippen LogP contribution in [0.5, 0.6) is 0 Å². The molecule has 0 aromatic rings. The largest absolute Gasteiger partial charge is 0.458 e. The van der Waals surface area contributed by atoms with Crippen molar-refractivity contribution in [3.05, 3.63) is 47.6 Å². The maximum atomic E-state index is 13.1. The van der Waals surface area contributed by atoms with E-state index < -0.39 is 48.7 Å². The summed E-state index contributed by atoms with van der Waals surface area (Å²) in [5.41, 5.74) is 1.28. The molecule has 2 heterocycles. The average molecular weight is 579 g/mol. The Morgan fingerprint density at radius 1 is 0.976 bits per heavy atom. The molecule has 0 aromatic heterocycles. The molecule has 0 aromatic carbocycles. The number of esters is 1. The highest BCUT2D eigenvalue weighted by Crippen LogP contribution is 2.34. The predicted octanol–water partition coefficient (Wildman–Crippen LogP) is 4.27. The summed E-state index contributed by atoms with van der Waals surface area (Å²) in [6.45, 7) is 13.1. The van der Waals surface area contributed by atoms with Gasteiger partial charge in [0.05, 0.1) is 30.5 Å². The molecule has 1 fully saturated rings. The van der Waals surface area contributed by atoms with E-state index in [4.69, 9.17) is 14.2 Å². The highest BCUT2D eigenvalue weighted by molar-refractivity contribution is 5.88. The van der Waals surface area contributed by atoms with Gasteiger partial charge in [-0.15, -0.1) is 0 Å². The van der Waals surface area contributed by atoms with Crippen LogP contribution in [-0.2, 0) is 19.0 Å². The van der Waals surface area contributed by atoms with Crippen LogP contribution in [0.4, 0.5) is 0 Å². The Kier molecular flexibility index (Phi) is 14.4. The van der Waals surface area contributed by atoms with Gasteiger partial charge in [0.1, 0.15) is 18.3 Å². The molecule has 8 nitrogen and oxygen atoms in total. The lowest BCUT2D eigenvalue weighted by Crippen LogP contribution is -2.39. The highest BCUT2D eigenvalue weighted by atomic mass is 16.6. The smallest absolute Gasteiger partial charge is 0.334 e. The van der Waals surface area contributed by atoms with Gasteiger partial charge in [-0.2, -0.15) is 0 Å². The minimum Gasteiger partial charge on any atom is -0.458 e.